The monoisotopic (exact) mass is 322 g/mol. The molecule has 0 atom stereocenters. The predicted octanol–water partition coefficient (Wildman–Crippen LogP) is 1.91. The first kappa shape index (κ1) is 6.16. The fourth-order valence-corrected chi connectivity index (χ4v) is 4.06. The summed E-state index contributed by atoms with van der Waals surface area (Å²) < 4.78 is 2.26. The fraction of sp³-hybridized carbons (Fsp3) is 0.333. The zero-order chi connectivity index (χ0) is 4.12. The third-order valence-electron chi connectivity index (χ3n) is 0.325. The number of allylic oxidation sites excluding steroid dienone is 1. The molecular weight excluding hydrogens is 317 g/mol. The third kappa shape index (κ3) is 5.16. The summed E-state index contributed by atoms with van der Waals surface area (Å²) in [5, 5.41) is 0. The molecule has 0 radical (unpaired) electrons. The van der Waals surface area contributed by atoms with Crippen LogP contribution in [-0.2, 0) is 22.1 Å². The average molecular weight is 322 g/mol. The van der Waals surface area contributed by atoms with Gasteiger partial charge in [0.1, 0.15) is 0 Å². The van der Waals surface area contributed by atoms with E-state index in [4.69, 9.17) is 0 Å². The maximum absolute atomic E-state index is 3.44. The molecule has 0 aliphatic carbocycles. The topological polar surface area (TPSA) is 0 Å². The van der Waals surface area contributed by atoms with Crippen LogP contribution in [0.4, 0.5) is 0 Å². The van der Waals surface area contributed by atoms with Gasteiger partial charge in [0.2, 0.25) is 0 Å². The maximum atomic E-state index is 3.44. The Kier molecular flexibility index (Phi) is 6.35. The summed E-state index contributed by atoms with van der Waals surface area (Å²) in [5.74, 6) is 0. The van der Waals surface area contributed by atoms with Crippen molar-refractivity contribution in [2.45, 2.75) is 6.92 Å². The minimum absolute atomic E-state index is 0.512. The summed E-state index contributed by atoms with van der Waals surface area (Å²) in [6.07, 6.45) is 2.11. The van der Waals surface area contributed by atoms with Gasteiger partial charge in [0, 0.05) is 0 Å². The van der Waals surface area contributed by atoms with Crippen molar-refractivity contribution >= 4 is 11.9 Å². The van der Waals surface area contributed by atoms with Crippen molar-refractivity contribution in [2.24, 2.45) is 0 Å². The molecule has 26 valence electrons. The van der Waals surface area contributed by atoms with Crippen molar-refractivity contribution in [2.75, 3.05) is 0 Å². The Morgan fingerprint density at radius 3 is 2.40 bits per heavy atom. The SMILES string of the molecule is C/C=[CH]\[Hg][Br]. The predicted molar refractivity (Wildman–Crippen MR) is 23.7 cm³/mol. The van der Waals surface area contributed by atoms with E-state index in [9.17, 15) is 0 Å². The Morgan fingerprint density at radius 1 is 1.80 bits per heavy atom. The first-order valence-corrected chi connectivity index (χ1v) is 16.7. The Balaban J connectivity index is 2.62. The van der Waals surface area contributed by atoms with E-state index in [1.807, 2.05) is 0 Å². The summed E-state index contributed by atoms with van der Waals surface area (Å²) in [7, 11) is 0. The van der Waals surface area contributed by atoms with E-state index in [2.05, 4.69) is 28.5 Å². The van der Waals surface area contributed by atoms with Gasteiger partial charge < -0.3 is 0 Å². The minimum atomic E-state index is -0.512. The molecule has 0 saturated heterocycles. The molecule has 0 aliphatic rings. The molecule has 0 rings (SSSR count). The number of hydrogen-bond donors (Lipinski definition) is 0. The van der Waals surface area contributed by atoms with Gasteiger partial charge in [-0.15, -0.1) is 0 Å². The van der Waals surface area contributed by atoms with E-state index in [1.165, 1.54) is 0 Å². The van der Waals surface area contributed by atoms with Crippen LogP contribution in [0, 0.1) is 0 Å². The molecule has 0 aliphatic heterocycles. The van der Waals surface area contributed by atoms with Crippen LogP contribution in [0.25, 0.3) is 0 Å². The molecule has 0 aromatic heterocycles. The number of hydrogen-bond acceptors (Lipinski definition) is 0. The van der Waals surface area contributed by atoms with Crippen molar-refractivity contribution in [3.05, 3.63) is 9.66 Å². The molecule has 0 aromatic carbocycles. The Hall–Kier alpha value is 1.16. The van der Waals surface area contributed by atoms with Crippen molar-refractivity contribution in [1.82, 2.24) is 0 Å². The number of rotatable bonds is 1. The van der Waals surface area contributed by atoms with Gasteiger partial charge in [0.15, 0.2) is 0 Å². The van der Waals surface area contributed by atoms with Crippen LogP contribution in [0.2, 0.25) is 0 Å². The van der Waals surface area contributed by atoms with Crippen LogP contribution < -0.4 is 0 Å². The Bertz CT molecular complexity index is 33.9. The van der Waals surface area contributed by atoms with Crippen LogP contribution in [0.3, 0.4) is 0 Å². The Labute approximate surface area is 50.3 Å². The molecule has 5 heavy (non-hydrogen) atoms. The van der Waals surface area contributed by atoms with E-state index < -0.39 is 22.1 Å². The molecule has 0 amide bonds. The molecule has 0 unspecified atom stereocenters. The van der Waals surface area contributed by atoms with Crippen LogP contribution in [0.5, 0.6) is 0 Å². The van der Waals surface area contributed by atoms with Gasteiger partial charge in [-0.2, -0.15) is 0 Å². The van der Waals surface area contributed by atoms with Crippen LogP contribution in [0.1, 0.15) is 6.92 Å². The fourth-order valence-electron chi connectivity index (χ4n) is 0.0891. The van der Waals surface area contributed by atoms with E-state index in [0.717, 1.165) is 0 Å². The van der Waals surface area contributed by atoms with Gasteiger partial charge in [0.05, 0.1) is 0 Å². The quantitative estimate of drug-likeness (QED) is 0.647. The van der Waals surface area contributed by atoms with Gasteiger partial charge in [-0.1, -0.05) is 0 Å². The molecule has 0 aromatic rings. The van der Waals surface area contributed by atoms with Crippen LogP contribution in [-0.4, -0.2) is 0 Å². The molecular formula is C3H5BrHg. The van der Waals surface area contributed by atoms with E-state index >= 15 is 0 Å². The first-order valence-electron chi connectivity index (χ1n) is 1.59. The van der Waals surface area contributed by atoms with Gasteiger partial charge in [-0.25, -0.2) is 0 Å². The second-order valence-electron chi connectivity index (χ2n) is 0.723. The second kappa shape index (κ2) is 5.16. The normalized spacial score (nSPS) is 8.40. The second-order valence-corrected chi connectivity index (χ2v) is 9.44. The van der Waals surface area contributed by atoms with Crippen LogP contribution >= 0.6 is 11.9 Å². The molecule has 0 saturated carbocycles. The molecule has 2 heteroatoms. The van der Waals surface area contributed by atoms with Crippen LogP contribution in [0.15, 0.2) is 9.66 Å². The van der Waals surface area contributed by atoms with Gasteiger partial charge >= 0.3 is 50.6 Å². The van der Waals surface area contributed by atoms with Gasteiger partial charge in [-0.3, -0.25) is 0 Å². The molecule has 0 heterocycles. The van der Waals surface area contributed by atoms with Crippen molar-refractivity contribution in [1.29, 1.82) is 0 Å². The van der Waals surface area contributed by atoms with Crippen molar-refractivity contribution in [3.8, 4) is 0 Å². The standard InChI is InChI=1S/C3H5.BrH.Hg/c1-3-2;;/h1,3H,2H3;1H;/q;;+1/p-1. The average Bonchev–Trinajstić information content (AvgIpc) is 1.41. The molecule has 0 bridgehead atoms. The van der Waals surface area contributed by atoms with E-state index in [1.54, 1.807) is 0 Å². The molecule has 0 spiro atoms. The van der Waals surface area contributed by atoms with Gasteiger partial charge in [-0.05, 0) is 0 Å². The van der Waals surface area contributed by atoms with Crippen molar-refractivity contribution in [3.63, 3.8) is 0 Å². The summed E-state index contributed by atoms with van der Waals surface area (Å²) in [5.41, 5.74) is 0. The van der Waals surface area contributed by atoms with E-state index in [0.29, 0.717) is 0 Å². The summed E-state index contributed by atoms with van der Waals surface area (Å²) >= 11 is 2.93. The summed E-state index contributed by atoms with van der Waals surface area (Å²) in [6.45, 7) is 2.06. The summed E-state index contributed by atoms with van der Waals surface area (Å²) in [4.78, 5) is 0. The van der Waals surface area contributed by atoms with E-state index in [-0.39, 0.29) is 0 Å². The third-order valence-corrected chi connectivity index (χ3v) is 6.13. The van der Waals surface area contributed by atoms with Crippen molar-refractivity contribution < 1.29 is 22.1 Å². The molecule has 0 fully saturated rings. The summed E-state index contributed by atoms with van der Waals surface area (Å²) in [6, 6.07) is 0. The Morgan fingerprint density at radius 2 is 2.40 bits per heavy atom. The zero-order valence-electron chi connectivity index (χ0n) is 3.24. The number of halogens is 1. The van der Waals surface area contributed by atoms with Gasteiger partial charge in [0.25, 0.3) is 0 Å². The molecule has 0 N–H and O–H groups in total. The first-order chi connectivity index (χ1) is 2.41. The zero-order valence-corrected chi connectivity index (χ0v) is 10.3. The molecule has 0 nitrogen and oxygen atoms in total.